The number of nitriles is 1. The van der Waals surface area contributed by atoms with Crippen molar-refractivity contribution < 1.29 is 112 Å². The van der Waals surface area contributed by atoms with Crippen molar-refractivity contribution in [1.29, 1.82) is 5.26 Å². The predicted molar refractivity (Wildman–Crippen MR) is 266 cm³/mol. The van der Waals surface area contributed by atoms with E-state index in [0.717, 1.165) is 11.8 Å². The molecule has 0 atom stereocenters. The zero-order valence-corrected chi connectivity index (χ0v) is 50.9. The van der Waals surface area contributed by atoms with Gasteiger partial charge in [-0.1, -0.05) is 29.7 Å². The summed E-state index contributed by atoms with van der Waals surface area (Å²) < 4.78 is 43.4. The smallest absolute Gasteiger partial charge is 0.871 e. The minimum absolute atomic E-state index is 0. The van der Waals surface area contributed by atoms with E-state index in [-0.39, 0.29) is 119 Å². The van der Waals surface area contributed by atoms with Crippen LogP contribution in [0, 0.1) is 35.7 Å². The fraction of sp³-hybridized carbons (Fsp3) is 0.0377. The molecule has 0 radical (unpaired) electrons. The van der Waals surface area contributed by atoms with Gasteiger partial charge in [-0.2, -0.15) is 9.65 Å². The number of hydrogen-bond donors (Lipinski definition) is 3. The number of aromatic amines is 2. The number of ether oxygens (including phenoxy) is 1. The minimum atomic E-state index is -0.842. The molecule has 0 aliphatic heterocycles. The molecular formula is C53H40Be2F3N11O6Zn3+4. The third kappa shape index (κ3) is 19.7. The molecule has 78 heavy (non-hydrogen) atoms. The van der Waals surface area contributed by atoms with Crippen molar-refractivity contribution in [2.75, 3.05) is 7.11 Å². The van der Waals surface area contributed by atoms with Gasteiger partial charge in [0.25, 0.3) is 5.69 Å². The van der Waals surface area contributed by atoms with E-state index in [2.05, 4.69) is 49.8 Å². The number of nitrogens with one attached hydrogen (secondary N) is 2. The van der Waals surface area contributed by atoms with Gasteiger partial charge in [-0.25, -0.2) is 18.7 Å². The van der Waals surface area contributed by atoms with E-state index in [9.17, 15) is 38.7 Å². The Morgan fingerprint density at radius 1 is 0.513 bits per heavy atom. The van der Waals surface area contributed by atoms with Crippen LogP contribution in [0.2, 0.25) is 0 Å². The van der Waals surface area contributed by atoms with Gasteiger partial charge in [0.2, 0.25) is 18.1 Å². The van der Waals surface area contributed by atoms with Crippen LogP contribution in [0.25, 0.3) is 56.9 Å². The topological polar surface area (TPSA) is 271 Å². The first kappa shape index (κ1) is 67.8. The molecule has 10 rings (SSSR count). The van der Waals surface area contributed by atoms with E-state index in [4.69, 9.17) is 10.00 Å². The van der Waals surface area contributed by atoms with Crippen LogP contribution in [0.5, 0.6) is 34.5 Å². The van der Waals surface area contributed by atoms with Crippen LogP contribution < -0.4 is 24.9 Å². The van der Waals surface area contributed by atoms with Crippen molar-refractivity contribution in [2.24, 2.45) is 0 Å². The molecule has 0 saturated heterocycles. The van der Waals surface area contributed by atoms with Gasteiger partial charge in [-0.05, 0) is 97.4 Å². The molecule has 0 amide bonds. The van der Waals surface area contributed by atoms with Crippen LogP contribution in [0.15, 0.2) is 177 Å². The molecule has 0 aliphatic carbocycles. The number of nitrogens with zero attached hydrogens (tertiary/aromatic N) is 9. The van der Waals surface area contributed by atoms with Crippen LogP contribution in [-0.4, -0.2) is 82.5 Å². The molecule has 17 nitrogen and oxygen atoms in total. The fourth-order valence-electron chi connectivity index (χ4n) is 5.98. The standard InChI is InChI=1S/C11H7N3O.C11H10N2O2.C11H10N2O.C10H6F2N2O.C10H7FN2O.2Be.3Zn/c12-6-8-3-4-9(14-7-8)11-10(15)2-1-5-13-11;1-15-8-4-5-9(13-7-8)11-10(14)3-2-6-12-11;1-8-4-5-9(13-7-8)11-10(14)3-2-6-12-11;11-6-4-7(12)9(14-5-6)10-8(15)2-1-3-13-10;11-7-3-4-8(13-6-7)10-9(14)2-1-5-12-10;;;;;/h1-5,7,15H;2-7,14H,1H3;2-7,14H,1H3;1-5,15H;1-6,14H;;;;;/q;;;;;2*+2;;;. The van der Waals surface area contributed by atoms with Crippen molar-refractivity contribution in [3.05, 3.63) is 206 Å². The summed E-state index contributed by atoms with van der Waals surface area (Å²) in [5.74, 6) is -1.53. The quantitative estimate of drug-likeness (QED) is 0.147. The Hall–Kier alpha value is -8.21. The average molecular weight is 1200 g/mol. The van der Waals surface area contributed by atoms with Gasteiger partial charge in [-0.3, -0.25) is 39.9 Å². The summed E-state index contributed by atoms with van der Waals surface area (Å²) in [5, 5.41) is 59.9. The summed E-state index contributed by atoms with van der Waals surface area (Å²) >= 11 is 0. The van der Waals surface area contributed by atoms with Crippen LogP contribution >= 0.6 is 0 Å². The van der Waals surface area contributed by atoms with Gasteiger partial charge in [0, 0.05) is 114 Å². The maximum absolute atomic E-state index is 13.3. The van der Waals surface area contributed by atoms with Crippen LogP contribution in [-0.2, 0) is 58.4 Å². The Morgan fingerprint density at radius 2 is 0.962 bits per heavy atom. The molecule has 0 unspecified atom stereocenters. The second-order valence-electron chi connectivity index (χ2n) is 14.6. The Labute approximate surface area is 491 Å². The van der Waals surface area contributed by atoms with Crippen molar-refractivity contribution in [2.45, 2.75) is 6.92 Å². The number of rotatable bonds is 6. The van der Waals surface area contributed by atoms with E-state index in [1.807, 2.05) is 25.1 Å². The summed E-state index contributed by atoms with van der Waals surface area (Å²) in [6.45, 7) is 1.97. The number of H-pyrrole nitrogens is 2. The van der Waals surface area contributed by atoms with Crippen LogP contribution in [0.1, 0.15) is 11.1 Å². The average Bonchev–Trinajstić information content (AvgIpc) is 3.41. The van der Waals surface area contributed by atoms with Crippen molar-refractivity contribution in [3.8, 4) is 97.5 Å². The van der Waals surface area contributed by atoms with Gasteiger partial charge >= 0.3 is 20.2 Å². The molecule has 0 fully saturated rings. The van der Waals surface area contributed by atoms with Crippen LogP contribution in [0.4, 0.5) is 13.2 Å². The molecule has 0 spiro atoms. The number of pyridine rings is 10. The van der Waals surface area contributed by atoms with Crippen molar-refractivity contribution in [1.82, 2.24) is 39.9 Å². The normalized spacial score (nSPS) is 9.33. The zero-order valence-electron chi connectivity index (χ0n) is 42.0. The predicted octanol–water partition coefficient (Wildman–Crippen LogP) is 6.66. The molecule has 0 aromatic carbocycles. The number of methoxy groups -OCH3 is 1. The third-order valence-electron chi connectivity index (χ3n) is 9.53. The van der Waals surface area contributed by atoms with E-state index in [0.29, 0.717) is 62.9 Å². The second kappa shape index (κ2) is 34.5. The molecule has 0 saturated carbocycles. The summed E-state index contributed by atoms with van der Waals surface area (Å²) in [6.07, 6.45) is 14.7. The Balaban J connectivity index is 0.000000480. The van der Waals surface area contributed by atoms with E-state index in [1.54, 1.807) is 105 Å². The molecule has 370 valence electrons. The summed E-state index contributed by atoms with van der Waals surface area (Å²) in [4.78, 5) is 37.1. The maximum Gasteiger partial charge on any atom is 2.00 e. The number of hydrogen-bond acceptors (Lipinski definition) is 15. The molecular weight excluding hydrogens is 1160 g/mol. The SMILES string of the molecule is COc1ccc(-c2ncccc2O)nc1.Cc1ccc(-c2ncccc2O)nc1.N#Cc1ccc(-c2ncccc2O)nc1.[Be+2].[Be+2].[O-]c1cccnc1-c1[nH+]cc(F)cc1F.[O-]c1cccnc1-c1ccc(F)c[nH+]1.[Zn].[Zn].[Zn]. The largest absolute Gasteiger partial charge is 2.00 e. The monoisotopic (exact) mass is 1190 g/mol. The van der Waals surface area contributed by atoms with Crippen molar-refractivity contribution >= 4 is 20.2 Å². The van der Waals surface area contributed by atoms with Gasteiger partial charge < -0.3 is 30.3 Å². The molecule has 5 N–H and O–H groups in total. The first-order valence-electron chi connectivity index (χ1n) is 21.4. The molecule has 10 aromatic heterocycles. The molecule has 10 aromatic rings. The molecule has 25 heteroatoms. The van der Waals surface area contributed by atoms with E-state index in [1.165, 1.54) is 55.1 Å². The molecule has 10 heterocycles. The number of aromatic hydroxyl groups is 3. The summed E-state index contributed by atoms with van der Waals surface area (Å²) in [6, 6.07) is 31.4. The minimum Gasteiger partial charge on any atom is -0.871 e. The fourth-order valence-corrected chi connectivity index (χ4v) is 5.98. The molecule has 0 bridgehead atoms. The number of aryl methyl sites for hydroxylation is 1. The maximum atomic E-state index is 13.3. The first-order valence-corrected chi connectivity index (χ1v) is 21.4. The number of halogens is 3. The van der Waals surface area contributed by atoms with Gasteiger partial charge in [0.15, 0.2) is 17.5 Å². The first-order chi connectivity index (χ1) is 35.3. The zero-order chi connectivity index (χ0) is 52.1. The van der Waals surface area contributed by atoms with Gasteiger partial charge in [-0.15, -0.1) is 0 Å². The second-order valence-corrected chi connectivity index (χ2v) is 14.6. The number of aromatic nitrogens is 10. The summed E-state index contributed by atoms with van der Waals surface area (Å²) in [7, 11) is 1.58. The molecule has 0 aliphatic rings. The van der Waals surface area contributed by atoms with Crippen LogP contribution in [0.3, 0.4) is 0 Å². The summed E-state index contributed by atoms with van der Waals surface area (Å²) in [5.41, 5.74) is 5.48. The third-order valence-corrected chi connectivity index (χ3v) is 9.53. The van der Waals surface area contributed by atoms with Gasteiger partial charge in [0.05, 0.1) is 36.0 Å². The van der Waals surface area contributed by atoms with Crippen molar-refractivity contribution in [3.63, 3.8) is 0 Å². The van der Waals surface area contributed by atoms with Gasteiger partial charge in [0.1, 0.15) is 57.5 Å². The Bertz CT molecular complexity index is 3360. The Kier molecular flexibility index (Phi) is 29.9. The Morgan fingerprint density at radius 3 is 1.35 bits per heavy atom. The van der Waals surface area contributed by atoms with E-state index >= 15 is 0 Å². The van der Waals surface area contributed by atoms with E-state index < -0.39 is 17.4 Å².